The summed E-state index contributed by atoms with van der Waals surface area (Å²) in [5.74, 6) is 1.72. The van der Waals surface area contributed by atoms with Gasteiger partial charge in [0.2, 0.25) is 0 Å². The molecule has 0 radical (unpaired) electrons. The van der Waals surface area contributed by atoms with Gasteiger partial charge < -0.3 is 10.2 Å². The number of amidine groups is 1. The molecule has 122 valence electrons. The van der Waals surface area contributed by atoms with Gasteiger partial charge in [-0.3, -0.25) is 5.41 Å². The van der Waals surface area contributed by atoms with Gasteiger partial charge >= 0.3 is 0 Å². The molecule has 2 aromatic carbocycles. The van der Waals surface area contributed by atoms with Crippen LogP contribution in [0, 0.1) is 5.41 Å². The second kappa shape index (κ2) is 6.00. The lowest BCUT2D eigenvalue weighted by atomic mass is 9.86. The number of nitrogen functional groups attached to an aromatic ring is 1. The maximum atomic E-state index is 7.44. The summed E-state index contributed by atoms with van der Waals surface area (Å²) in [7, 11) is 0. The van der Waals surface area contributed by atoms with E-state index in [2.05, 4.69) is 45.0 Å². The summed E-state index contributed by atoms with van der Waals surface area (Å²) >= 11 is 0. The fourth-order valence-electron chi connectivity index (χ4n) is 2.60. The van der Waals surface area contributed by atoms with Crippen LogP contribution in [0.2, 0.25) is 0 Å². The lowest BCUT2D eigenvalue weighted by Gasteiger charge is -2.18. The molecule has 0 aliphatic carbocycles. The molecule has 3 rings (SSSR count). The Kier molecular flexibility index (Phi) is 4.02. The highest BCUT2D eigenvalue weighted by atomic mass is 16.3. The predicted molar refractivity (Wildman–Crippen MR) is 99.3 cm³/mol. The van der Waals surface area contributed by atoms with Crippen LogP contribution in [0.1, 0.15) is 31.9 Å². The van der Waals surface area contributed by atoms with E-state index in [9.17, 15) is 0 Å². The molecule has 0 atom stereocenters. The van der Waals surface area contributed by atoms with Crippen molar-refractivity contribution in [3.8, 4) is 22.6 Å². The summed E-state index contributed by atoms with van der Waals surface area (Å²) in [5, 5.41) is 7.44. The molecule has 0 fully saturated rings. The zero-order valence-corrected chi connectivity index (χ0v) is 14.3. The molecule has 0 amide bonds. The fraction of sp³-hybridized carbons (Fsp3) is 0.190. The minimum Gasteiger partial charge on any atom is -0.456 e. The number of hydrogen-bond donors (Lipinski definition) is 2. The van der Waals surface area contributed by atoms with Gasteiger partial charge in [0.15, 0.2) is 0 Å². The molecule has 3 N–H and O–H groups in total. The van der Waals surface area contributed by atoms with Gasteiger partial charge in [0, 0.05) is 16.7 Å². The minimum atomic E-state index is 0.0700. The lowest BCUT2D eigenvalue weighted by Crippen LogP contribution is -2.10. The monoisotopic (exact) mass is 318 g/mol. The zero-order valence-electron chi connectivity index (χ0n) is 14.3. The van der Waals surface area contributed by atoms with Crippen LogP contribution in [0.3, 0.4) is 0 Å². The van der Waals surface area contributed by atoms with Gasteiger partial charge in [0.05, 0.1) is 0 Å². The second-order valence-electron chi connectivity index (χ2n) is 6.98. The van der Waals surface area contributed by atoms with Crippen LogP contribution in [-0.2, 0) is 5.41 Å². The Morgan fingerprint density at radius 2 is 1.25 bits per heavy atom. The van der Waals surface area contributed by atoms with Crippen molar-refractivity contribution in [1.29, 1.82) is 5.41 Å². The van der Waals surface area contributed by atoms with Gasteiger partial charge in [0.25, 0.3) is 0 Å². The Hall–Kier alpha value is -2.81. The molecule has 0 saturated carbocycles. The third kappa shape index (κ3) is 3.25. The maximum absolute atomic E-state index is 7.44. The molecular weight excluding hydrogens is 296 g/mol. The first kappa shape index (κ1) is 16.1. The van der Waals surface area contributed by atoms with Crippen molar-refractivity contribution >= 4 is 5.84 Å². The van der Waals surface area contributed by atoms with Crippen LogP contribution in [0.4, 0.5) is 0 Å². The van der Waals surface area contributed by atoms with Crippen molar-refractivity contribution in [3.63, 3.8) is 0 Å². The van der Waals surface area contributed by atoms with Crippen molar-refractivity contribution in [3.05, 3.63) is 71.8 Å². The number of nitrogens with two attached hydrogens (primary N) is 1. The molecule has 0 aliphatic heterocycles. The standard InChI is InChI=1S/C21H22N2O/c1-21(2,3)17-10-8-15(9-11-17)19-13-12-18(24-19)14-4-6-16(7-5-14)20(22)23/h4-13H,1-3H3,(H3,22,23). The van der Waals surface area contributed by atoms with Gasteiger partial charge in [-0.2, -0.15) is 0 Å². The molecule has 0 unspecified atom stereocenters. The number of nitrogens with one attached hydrogen (secondary N) is 1. The first-order valence-corrected chi connectivity index (χ1v) is 8.00. The predicted octanol–water partition coefficient (Wildman–Crippen LogP) is 5.20. The van der Waals surface area contributed by atoms with E-state index in [1.807, 2.05) is 36.4 Å². The van der Waals surface area contributed by atoms with Crippen LogP contribution in [0.5, 0.6) is 0 Å². The summed E-state index contributed by atoms with van der Waals surface area (Å²) in [6.45, 7) is 6.62. The highest BCUT2D eigenvalue weighted by Gasteiger charge is 2.14. The molecule has 0 saturated heterocycles. The van der Waals surface area contributed by atoms with Crippen LogP contribution >= 0.6 is 0 Å². The first-order chi connectivity index (χ1) is 11.3. The Morgan fingerprint density at radius 1 is 0.792 bits per heavy atom. The quantitative estimate of drug-likeness (QED) is 0.515. The highest BCUT2D eigenvalue weighted by Crippen LogP contribution is 2.30. The van der Waals surface area contributed by atoms with Crippen LogP contribution in [-0.4, -0.2) is 5.84 Å². The van der Waals surface area contributed by atoms with E-state index in [4.69, 9.17) is 15.6 Å². The SMILES string of the molecule is CC(C)(C)c1ccc(-c2ccc(-c3ccc(C(=N)N)cc3)o2)cc1. The van der Waals surface area contributed by atoms with Crippen LogP contribution in [0.25, 0.3) is 22.6 Å². The molecule has 0 bridgehead atoms. The third-order valence-electron chi connectivity index (χ3n) is 4.12. The average molecular weight is 318 g/mol. The molecule has 3 heteroatoms. The Bertz CT molecular complexity index is 850. The smallest absolute Gasteiger partial charge is 0.134 e. The maximum Gasteiger partial charge on any atom is 0.134 e. The van der Waals surface area contributed by atoms with E-state index in [0.717, 1.165) is 22.6 Å². The number of hydrogen-bond acceptors (Lipinski definition) is 2. The highest BCUT2D eigenvalue weighted by molar-refractivity contribution is 5.95. The first-order valence-electron chi connectivity index (χ1n) is 8.00. The van der Waals surface area contributed by atoms with E-state index in [-0.39, 0.29) is 11.3 Å². The number of rotatable bonds is 3. The average Bonchev–Trinajstić information content (AvgIpc) is 3.04. The van der Waals surface area contributed by atoms with Crippen molar-refractivity contribution < 1.29 is 4.42 Å². The second-order valence-corrected chi connectivity index (χ2v) is 6.98. The fourth-order valence-corrected chi connectivity index (χ4v) is 2.60. The topological polar surface area (TPSA) is 63.0 Å². The number of furan rings is 1. The summed E-state index contributed by atoms with van der Waals surface area (Å²) in [5.41, 5.74) is 9.68. The molecule has 3 aromatic rings. The molecule has 0 spiro atoms. The van der Waals surface area contributed by atoms with E-state index in [1.165, 1.54) is 5.56 Å². The Morgan fingerprint density at radius 3 is 1.67 bits per heavy atom. The van der Waals surface area contributed by atoms with Crippen molar-refractivity contribution in [2.45, 2.75) is 26.2 Å². The minimum absolute atomic E-state index is 0.0700. The van der Waals surface area contributed by atoms with Crippen molar-refractivity contribution in [2.24, 2.45) is 5.73 Å². The van der Waals surface area contributed by atoms with Crippen LogP contribution in [0.15, 0.2) is 65.1 Å². The molecular formula is C21H22N2O. The summed E-state index contributed by atoms with van der Waals surface area (Å²) in [6, 6.07) is 20.0. The Labute approximate surface area is 142 Å². The van der Waals surface area contributed by atoms with Crippen LogP contribution < -0.4 is 5.73 Å². The van der Waals surface area contributed by atoms with E-state index < -0.39 is 0 Å². The molecule has 0 aliphatic rings. The molecule has 24 heavy (non-hydrogen) atoms. The molecule has 3 nitrogen and oxygen atoms in total. The summed E-state index contributed by atoms with van der Waals surface area (Å²) in [6.07, 6.45) is 0. The largest absolute Gasteiger partial charge is 0.456 e. The van der Waals surface area contributed by atoms with Gasteiger partial charge in [-0.05, 0) is 23.1 Å². The molecule has 1 aromatic heterocycles. The van der Waals surface area contributed by atoms with Gasteiger partial charge in [-0.25, -0.2) is 0 Å². The van der Waals surface area contributed by atoms with Crippen molar-refractivity contribution in [1.82, 2.24) is 0 Å². The lowest BCUT2D eigenvalue weighted by molar-refractivity contribution is 0.588. The Balaban J connectivity index is 1.86. The van der Waals surface area contributed by atoms with Gasteiger partial charge in [-0.15, -0.1) is 0 Å². The summed E-state index contributed by atoms with van der Waals surface area (Å²) < 4.78 is 6.00. The van der Waals surface area contributed by atoms with Gasteiger partial charge in [0.1, 0.15) is 17.4 Å². The van der Waals surface area contributed by atoms with E-state index in [1.54, 1.807) is 0 Å². The van der Waals surface area contributed by atoms with Gasteiger partial charge in [-0.1, -0.05) is 69.3 Å². The summed E-state index contributed by atoms with van der Waals surface area (Å²) in [4.78, 5) is 0. The van der Waals surface area contributed by atoms with E-state index >= 15 is 0 Å². The van der Waals surface area contributed by atoms with Crippen molar-refractivity contribution in [2.75, 3.05) is 0 Å². The zero-order chi connectivity index (χ0) is 17.3. The third-order valence-corrected chi connectivity index (χ3v) is 4.12. The number of benzene rings is 2. The van der Waals surface area contributed by atoms with E-state index in [0.29, 0.717) is 5.56 Å². The normalized spacial score (nSPS) is 11.5. The molecule has 1 heterocycles.